The average molecular weight is 256 g/mol. The Labute approximate surface area is 109 Å². The Kier molecular flexibility index (Phi) is 2.50. The van der Waals surface area contributed by atoms with Crippen LogP contribution in [0.25, 0.3) is 0 Å². The zero-order valence-electron chi connectivity index (χ0n) is 10.3. The van der Waals surface area contributed by atoms with Crippen LogP contribution in [0.2, 0.25) is 0 Å². The number of pyridine rings is 1. The van der Waals surface area contributed by atoms with Crippen LogP contribution in [0, 0.1) is 0 Å². The molecule has 1 aliphatic rings. The molecule has 2 heterocycles. The molecule has 0 bridgehead atoms. The molecular weight excluding hydrogens is 244 g/mol. The number of rotatable bonds is 2. The molecular formula is C14H12N2O3. The number of methoxy groups -OCH3 is 1. The van der Waals surface area contributed by atoms with Crippen molar-refractivity contribution in [2.24, 2.45) is 0 Å². The zero-order chi connectivity index (χ0) is 13.5. The van der Waals surface area contributed by atoms with Crippen molar-refractivity contribution in [3.8, 4) is 5.88 Å². The van der Waals surface area contributed by atoms with E-state index in [1.54, 1.807) is 42.5 Å². The maximum absolute atomic E-state index is 12.1. The lowest BCUT2D eigenvalue weighted by atomic mass is 9.91. The number of carbonyl (C=O) groups excluding carboxylic acids is 1. The fourth-order valence-electron chi connectivity index (χ4n) is 2.23. The van der Waals surface area contributed by atoms with Crippen molar-refractivity contribution in [1.29, 1.82) is 0 Å². The predicted molar refractivity (Wildman–Crippen MR) is 68.9 cm³/mol. The molecule has 1 atom stereocenters. The summed E-state index contributed by atoms with van der Waals surface area (Å²) in [5.74, 6) is -0.155. The lowest BCUT2D eigenvalue weighted by Crippen LogP contribution is -2.36. The lowest BCUT2D eigenvalue weighted by molar-refractivity contribution is -0.130. The number of amides is 1. The Hall–Kier alpha value is -2.40. The number of carbonyl (C=O) groups is 1. The SMILES string of the molecule is COc1cccc(C2(O)C(=O)Nc3ccccc32)n1. The normalized spacial score (nSPS) is 20.8. The van der Waals surface area contributed by atoms with Crippen LogP contribution in [0.3, 0.4) is 0 Å². The van der Waals surface area contributed by atoms with Crippen molar-refractivity contribution in [2.45, 2.75) is 5.60 Å². The molecule has 0 spiro atoms. The van der Waals surface area contributed by atoms with Crippen molar-refractivity contribution >= 4 is 11.6 Å². The minimum absolute atomic E-state index is 0.245. The first-order valence-electron chi connectivity index (χ1n) is 5.81. The molecule has 2 aromatic rings. The Morgan fingerprint density at radius 3 is 2.79 bits per heavy atom. The van der Waals surface area contributed by atoms with Crippen molar-refractivity contribution in [3.63, 3.8) is 0 Å². The van der Waals surface area contributed by atoms with E-state index in [-0.39, 0.29) is 5.69 Å². The van der Waals surface area contributed by atoms with Crippen LogP contribution in [-0.4, -0.2) is 23.1 Å². The van der Waals surface area contributed by atoms with Crippen LogP contribution in [0.15, 0.2) is 42.5 Å². The standard InChI is InChI=1S/C14H12N2O3/c1-19-12-8-4-7-11(16-12)14(18)9-5-2-3-6-10(9)15-13(14)17/h2-8,18H,1H3,(H,15,17). The molecule has 5 nitrogen and oxygen atoms in total. The monoisotopic (exact) mass is 256 g/mol. The second-order valence-electron chi connectivity index (χ2n) is 4.28. The summed E-state index contributed by atoms with van der Waals surface area (Å²) in [6.45, 7) is 0. The van der Waals surface area contributed by atoms with Gasteiger partial charge in [-0.25, -0.2) is 4.98 Å². The lowest BCUT2D eigenvalue weighted by Gasteiger charge is -2.20. The third-order valence-corrected chi connectivity index (χ3v) is 3.20. The number of hydrogen-bond acceptors (Lipinski definition) is 4. The van der Waals surface area contributed by atoms with Gasteiger partial charge < -0.3 is 15.2 Å². The van der Waals surface area contributed by atoms with E-state index in [4.69, 9.17) is 4.74 Å². The highest BCUT2D eigenvalue weighted by molar-refractivity contribution is 6.06. The summed E-state index contributed by atoms with van der Waals surface area (Å²) >= 11 is 0. The quantitative estimate of drug-likeness (QED) is 0.849. The van der Waals surface area contributed by atoms with Gasteiger partial charge in [-0.15, -0.1) is 0 Å². The summed E-state index contributed by atoms with van der Waals surface area (Å²) < 4.78 is 5.03. The molecule has 0 radical (unpaired) electrons. The summed E-state index contributed by atoms with van der Waals surface area (Å²) in [5.41, 5.74) is -0.430. The maximum Gasteiger partial charge on any atom is 0.267 e. The summed E-state index contributed by atoms with van der Waals surface area (Å²) in [4.78, 5) is 16.3. The molecule has 1 aliphatic heterocycles. The van der Waals surface area contributed by atoms with Crippen molar-refractivity contribution in [2.75, 3.05) is 12.4 Å². The van der Waals surface area contributed by atoms with Gasteiger partial charge in [0.25, 0.3) is 5.91 Å². The molecule has 0 saturated heterocycles. The number of hydrogen-bond donors (Lipinski definition) is 2. The Morgan fingerprint density at radius 2 is 2.00 bits per heavy atom. The second-order valence-corrected chi connectivity index (χ2v) is 4.28. The van der Waals surface area contributed by atoms with E-state index >= 15 is 0 Å². The van der Waals surface area contributed by atoms with Gasteiger partial charge in [0.2, 0.25) is 11.5 Å². The average Bonchev–Trinajstić information content (AvgIpc) is 2.72. The van der Waals surface area contributed by atoms with E-state index in [1.807, 2.05) is 0 Å². The van der Waals surface area contributed by atoms with Crippen LogP contribution in [0.4, 0.5) is 5.69 Å². The summed E-state index contributed by atoms with van der Waals surface area (Å²) in [7, 11) is 1.48. The van der Waals surface area contributed by atoms with E-state index in [9.17, 15) is 9.90 Å². The number of aliphatic hydroxyl groups is 1. The fourth-order valence-corrected chi connectivity index (χ4v) is 2.23. The first-order chi connectivity index (χ1) is 9.16. The predicted octanol–water partition coefficient (Wildman–Crippen LogP) is 1.28. The van der Waals surface area contributed by atoms with Crippen LogP contribution in [0.1, 0.15) is 11.3 Å². The Bertz CT molecular complexity index is 657. The third-order valence-electron chi connectivity index (χ3n) is 3.20. The molecule has 19 heavy (non-hydrogen) atoms. The van der Waals surface area contributed by atoms with E-state index in [0.717, 1.165) is 0 Å². The summed E-state index contributed by atoms with van der Waals surface area (Å²) in [6, 6.07) is 12.0. The first kappa shape index (κ1) is 11.7. The largest absolute Gasteiger partial charge is 0.481 e. The minimum Gasteiger partial charge on any atom is -0.481 e. The number of ether oxygens (including phenoxy) is 1. The summed E-state index contributed by atoms with van der Waals surface area (Å²) in [6.07, 6.45) is 0. The van der Waals surface area contributed by atoms with Gasteiger partial charge in [0.1, 0.15) is 0 Å². The smallest absolute Gasteiger partial charge is 0.267 e. The molecule has 1 aromatic heterocycles. The van der Waals surface area contributed by atoms with Gasteiger partial charge in [0.05, 0.1) is 12.8 Å². The molecule has 1 unspecified atom stereocenters. The van der Waals surface area contributed by atoms with E-state index in [1.165, 1.54) is 7.11 Å². The molecule has 2 N–H and O–H groups in total. The molecule has 1 amide bonds. The number of nitrogens with one attached hydrogen (secondary N) is 1. The molecule has 5 heteroatoms. The van der Waals surface area contributed by atoms with Gasteiger partial charge in [0, 0.05) is 17.3 Å². The number of anilines is 1. The van der Waals surface area contributed by atoms with Crippen LogP contribution in [0.5, 0.6) is 5.88 Å². The number of para-hydroxylation sites is 1. The van der Waals surface area contributed by atoms with Crippen molar-refractivity contribution in [1.82, 2.24) is 4.98 Å². The van der Waals surface area contributed by atoms with Crippen LogP contribution in [-0.2, 0) is 10.4 Å². The number of nitrogens with zero attached hydrogens (tertiary/aromatic N) is 1. The van der Waals surface area contributed by atoms with Gasteiger partial charge in [-0.3, -0.25) is 4.79 Å². The molecule has 0 saturated carbocycles. The van der Waals surface area contributed by atoms with Gasteiger partial charge >= 0.3 is 0 Å². The van der Waals surface area contributed by atoms with E-state index in [2.05, 4.69) is 10.3 Å². The molecule has 1 aromatic carbocycles. The van der Waals surface area contributed by atoms with E-state index < -0.39 is 11.5 Å². The highest BCUT2D eigenvalue weighted by Gasteiger charge is 2.48. The Morgan fingerprint density at radius 1 is 1.21 bits per heavy atom. The Balaban J connectivity index is 2.19. The molecule has 96 valence electrons. The van der Waals surface area contributed by atoms with E-state index in [0.29, 0.717) is 17.1 Å². The van der Waals surface area contributed by atoms with Crippen molar-refractivity contribution < 1.29 is 14.6 Å². The van der Waals surface area contributed by atoms with Gasteiger partial charge in [-0.2, -0.15) is 0 Å². The van der Waals surface area contributed by atoms with Gasteiger partial charge in [-0.1, -0.05) is 24.3 Å². The molecule has 0 aliphatic carbocycles. The maximum atomic E-state index is 12.1. The van der Waals surface area contributed by atoms with Crippen LogP contribution >= 0.6 is 0 Å². The highest BCUT2D eigenvalue weighted by atomic mass is 16.5. The molecule has 3 rings (SSSR count). The fraction of sp³-hybridized carbons (Fsp3) is 0.143. The van der Waals surface area contributed by atoms with Gasteiger partial charge in [-0.05, 0) is 12.1 Å². The summed E-state index contributed by atoms with van der Waals surface area (Å²) in [5, 5.41) is 13.4. The molecule has 0 fully saturated rings. The van der Waals surface area contributed by atoms with Crippen molar-refractivity contribution in [3.05, 3.63) is 53.7 Å². The number of aromatic nitrogens is 1. The first-order valence-corrected chi connectivity index (χ1v) is 5.81. The zero-order valence-corrected chi connectivity index (χ0v) is 10.3. The van der Waals surface area contributed by atoms with Gasteiger partial charge in [0.15, 0.2) is 0 Å². The van der Waals surface area contributed by atoms with Crippen LogP contribution < -0.4 is 10.1 Å². The number of benzene rings is 1. The topological polar surface area (TPSA) is 71.5 Å². The highest BCUT2D eigenvalue weighted by Crippen LogP contribution is 2.40. The number of fused-ring (bicyclic) bond motifs is 1. The third kappa shape index (κ3) is 1.59. The second kappa shape index (κ2) is 4.07. The minimum atomic E-state index is -1.77.